The van der Waals surface area contributed by atoms with Gasteiger partial charge in [0.25, 0.3) is 0 Å². The van der Waals surface area contributed by atoms with E-state index in [4.69, 9.17) is 0 Å². The van der Waals surface area contributed by atoms with Gasteiger partial charge in [-0.05, 0) is 54.7 Å². The zero-order valence-electron chi connectivity index (χ0n) is 23.7. The van der Waals surface area contributed by atoms with E-state index in [-0.39, 0.29) is 30.8 Å². The molecular weight excluding hydrogens is 590 g/mol. The highest BCUT2D eigenvalue weighted by Gasteiger charge is 2.33. The lowest BCUT2D eigenvalue weighted by Gasteiger charge is -2.34. The summed E-state index contributed by atoms with van der Waals surface area (Å²) in [4.78, 5) is 29.3. The fourth-order valence-electron chi connectivity index (χ4n) is 4.56. The van der Waals surface area contributed by atoms with E-state index in [9.17, 15) is 18.0 Å². The summed E-state index contributed by atoms with van der Waals surface area (Å²) in [5, 5.41) is 2.96. The Labute approximate surface area is 246 Å². The van der Waals surface area contributed by atoms with Crippen LogP contribution in [0.25, 0.3) is 0 Å². The maximum absolute atomic E-state index is 14.2. The second-order valence-corrected chi connectivity index (χ2v) is 13.3. The van der Waals surface area contributed by atoms with Gasteiger partial charge in [0.05, 0.1) is 11.9 Å². The van der Waals surface area contributed by atoms with Gasteiger partial charge in [-0.2, -0.15) is 0 Å². The van der Waals surface area contributed by atoms with Crippen molar-refractivity contribution in [3.63, 3.8) is 0 Å². The van der Waals surface area contributed by atoms with Crippen molar-refractivity contribution >= 4 is 43.5 Å². The van der Waals surface area contributed by atoms with Crippen molar-refractivity contribution in [2.75, 3.05) is 17.1 Å². The predicted molar refractivity (Wildman–Crippen MR) is 165 cm³/mol. The van der Waals surface area contributed by atoms with Crippen LogP contribution in [0, 0.1) is 0 Å². The van der Waals surface area contributed by atoms with E-state index in [2.05, 4.69) is 21.2 Å². The maximum atomic E-state index is 14.2. The van der Waals surface area contributed by atoms with Gasteiger partial charge in [-0.1, -0.05) is 90.4 Å². The minimum absolute atomic E-state index is 0.0379. The number of sulfonamides is 1. The number of hydrogen-bond donors (Lipinski definition) is 1. The highest BCUT2D eigenvalue weighted by molar-refractivity contribution is 9.10. The van der Waals surface area contributed by atoms with E-state index in [1.165, 1.54) is 4.90 Å². The van der Waals surface area contributed by atoms with Gasteiger partial charge >= 0.3 is 0 Å². The molecule has 0 spiro atoms. The van der Waals surface area contributed by atoms with Crippen LogP contribution >= 0.6 is 15.9 Å². The van der Waals surface area contributed by atoms with Crippen LogP contribution in [0.2, 0.25) is 0 Å². The molecule has 0 bridgehead atoms. The Kier molecular flexibility index (Phi) is 10.9. The van der Waals surface area contributed by atoms with Gasteiger partial charge in [-0.25, -0.2) is 8.42 Å². The van der Waals surface area contributed by atoms with E-state index in [1.54, 1.807) is 12.1 Å². The number of para-hydroxylation sites is 1. The van der Waals surface area contributed by atoms with E-state index in [0.717, 1.165) is 31.7 Å². The van der Waals surface area contributed by atoms with Gasteiger partial charge in [0.1, 0.15) is 12.6 Å². The smallest absolute Gasteiger partial charge is 0.244 e. The second kappa shape index (κ2) is 13.9. The summed E-state index contributed by atoms with van der Waals surface area (Å²) in [6.45, 7) is 7.39. The summed E-state index contributed by atoms with van der Waals surface area (Å²) in [6.07, 6.45) is 1.38. The lowest BCUT2D eigenvalue weighted by atomic mass is 10.0. The highest BCUT2D eigenvalue weighted by Crippen LogP contribution is 2.29. The number of nitrogens with zero attached hydrogens (tertiary/aromatic N) is 2. The van der Waals surface area contributed by atoms with Crippen molar-refractivity contribution in [3.8, 4) is 0 Å². The summed E-state index contributed by atoms with van der Waals surface area (Å²) in [7, 11) is -3.83. The number of carbonyl (C=O) groups excluding carboxylic acids is 2. The van der Waals surface area contributed by atoms with Crippen LogP contribution in [-0.4, -0.2) is 50.0 Å². The molecule has 0 heterocycles. The molecule has 40 heavy (non-hydrogen) atoms. The van der Waals surface area contributed by atoms with Crippen LogP contribution in [0.5, 0.6) is 0 Å². The van der Waals surface area contributed by atoms with Gasteiger partial charge in [0.2, 0.25) is 21.8 Å². The Morgan fingerprint density at radius 3 is 2.10 bits per heavy atom. The van der Waals surface area contributed by atoms with Crippen molar-refractivity contribution in [1.29, 1.82) is 0 Å². The van der Waals surface area contributed by atoms with Crippen LogP contribution < -0.4 is 9.62 Å². The minimum Gasteiger partial charge on any atom is -0.352 e. The minimum atomic E-state index is -3.83. The molecule has 2 amide bonds. The fourth-order valence-corrected chi connectivity index (χ4v) is 5.88. The van der Waals surface area contributed by atoms with Crippen molar-refractivity contribution in [1.82, 2.24) is 10.2 Å². The molecule has 0 saturated carbocycles. The van der Waals surface area contributed by atoms with Gasteiger partial charge in [0.15, 0.2) is 0 Å². The largest absolute Gasteiger partial charge is 0.352 e. The van der Waals surface area contributed by atoms with Crippen LogP contribution in [0.4, 0.5) is 5.69 Å². The first kappa shape index (κ1) is 31.4. The average Bonchev–Trinajstić information content (AvgIpc) is 2.88. The Hall–Kier alpha value is -3.17. The first-order valence-corrected chi connectivity index (χ1v) is 16.0. The molecule has 0 aliphatic carbocycles. The molecule has 0 saturated heterocycles. The number of hydrogen-bond acceptors (Lipinski definition) is 4. The number of amides is 2. The van der Waals surface area contributed by atoms with Crippen molar-refractivity contribution in [2.45, 2.75) is 58.7 Å². The molecule has 0 fully saturated rings. The van der Waals surface area contributed by atoms with Crippen LogP contribution in [-0.2, 0) is 32.6 Å². The highest BCUT2D eigenvalue weighted by atomic mass is 79.9. The molecule has 0 aliphatic heterocycles. The van der Waals surface area contributed by atoms with E-state index in [0.29, 0.717) is 5.69 Å². The first-order valence-electron chi connectivity index (χ1n) is 13.3. The standard InChI is InChI=1S/C31H38BrN3O4S/c1-22(2)27-16-9-10-17-28(27)35(40(5,38)39)21-30(36)34(20-25-14-11-15-26(32)18-25)29(31(37)33-23(3)4)19-24-12-7-6-8-13-24/h6-18,22-23,29H,19-21H2,1-5H3,(H,33,37)/t29-/m1/s1. The molecule has 1 atom stereocenters. The van der Waals surface area contributed by atoms with Gasteiger partial charge in [-0.15, -0.1) is 0 Å². The molecule has 0 aliphatic rings. The monoisotopic (exact) mass is 627 g/mol. The third kappa shape index (κ3) is 8.66. The van der Waals surface area contributed by atoms with Crippen molar-refractivity contribution in [3.05, 3.63) is 100 Å². The summed E-state index contributed by atoms with van der Waals surface area (Å²) in [5.74, 6) is -0.726. The summed E-state index contributed by atoms with van der Waals surface area (Å²) in [5.41, 5.74) is 2.98. The van der Waals surface area contributed by atoms with Crippen LogP contribution in [0.1, 0.15) is 50.3 Å². The number of anilines is 1. The number of carbonyl (C=O) groups is 2. The molecule has 9 heteroatoms. The Bertz CT molecular complexity index is 1410. The second-order valence-electron chi connectivity index (χ2n) is 10.5. The number of rotatable bonds is 12. The lowest BCUT2D eigenvalue weighted by Crippen LogP contribution is -2.54. The third-order valence-corrected chi connectivity index (χ3v) is 8.07. The molecule has 214 valence electrons. The normalized spacial score (nSPS) is 12.3. The van der Waals surface area contributed by atoms with E-state index >= 15 is 0 Å². The summed E-state index contributed by atoms with van der Waals surface area (Å²) >= 11 is 3.49. The van der Waals surface area contributed by atoms with Crippen LogP contribution in [0.3, 0.4) is 0 Å². The van der Waals surface area contributed by atoms with Gasteiger partial charge in [-0.3, -0.25) is 13.9 Å². The predicted octanol–water partition coefficient (Wildman–Crippen LogP) is 5.50. The maximum Gasteiger partial charge on any atom is 0.244 e. The molecule has 0 aromatic heterocycles. The first-order chi connectivity index (χ1) is 18.9. The quantitative estimate of drug-likeness (QED) is 0.287. The molecule has 0 radical (unpaired) electrons. The Morgan fingerprint density at radius 2 is 1.50 bits per heavy atom. The topological polar surface area (TPSA) is 86.8 Å². The van der Waals surface area contributed by atoms with Crippen molar-refractivity contribution < 1.29 is 18.0 Å². The Balaban J connectivity index is 2.09. The lowest BCUT2D eigenvalue weighted by molar-refractivity contribution is -0.140. The van der Waals surface area contributed by atoms with E-state index < -0.39 is 28.5 Å². The molecule has 3 aromatic rings. The molecular formula is C31H38BrN3O4S. The summed E-state index contributed by atoms with van der Waals surface area (Å²) in [6, 6.07) is 23.2. The number of nitrogens with one attached hydrogen (secondary N) is 1. The zero-order chi connectivity index (χ0) is 29.4. The van der Waals surface area contributed by atoms with Crippen molar-refractivity contribution in [2.24, 2.45) is 0 Å². The SMILES string of the molecule is CC(C)NC(=O)[C@@H](Cc1ccccc1)N(Cc1cccc(Br)c1)C(=O)CN(c1ccccc1C(C)C)S(C)(=O)=O. The average molecular weight is 629 g/mol. The fraction of sp³-hybridized carbons (Fsp3) is 0.355. The Morgan fingerprint density at radius 1 is 0.875 bits per heavy atom. The number of halogens is 1. The van der Waals surface area contributed by atoms with Crippen LogP contribution in [0.15, 0.2) is 83.3 Å². The molecule has 3 rings (SSSR count). The van der Waals surface area contributed by atoms with E-state index in [1.807, 2.05) is 94.4 Å². The third-order valence-electron chi connectivity index (χ3n) is 6.45. The molecule has 7 nitrogen and oxygen atoms in total. The zero-order valence-corrected chi connectivity index (χ0v) is 26.1. The van der Waals surface area contributed by atoms with Gasteiger partial charge in [0, 0.05) is 23.5 Å². The summed E-state index contributed by atoms with van der Waals surface area (Å²) < 4.78 is 28.1. The van der Waals surface area contributed by atoms with Gasteiger partial charge < -0.3 is 10.2 Å². The molecule has 3 aromatic carbocycles. The molecule has 0 unspecified atom stereocenters. The molecule has 1 N–H and O–H groups in total. The number of benzene rings is 3.